The molecule has 104 valence electrons. The fourth-order valence-electron chi connectivity index (χ4n) is 1.48. The molecule has 0 saturated carbocycles. The van der Waals surface area contributed by atoms with E-state index in [1.807, 2.05) is 6.07 Å². The number of hydrogen-bond donors (Lipinski definition) is 1. The summed E-state index contributed by atoms with van der Waals surface area (Å²) >= 11 is 0. The van der Waals surface area contributed by atoms with Crippen LogP contribution in [0, 0.1) is 10.1 Å². The van der Waals surface area contributed by atoms with Crippen LogP contribution in [0.2, 0.25) is 0 Å². The maximum atomic E-state index is 11.4. The molecule has 0 radical (unpaired) electrons. The molecule has 2 rings (SSSR count). The summed E-state index contributed by atoms with van der Waals surface area (Å²) < 4.78 is 6.28. The molecule has 1 N–H and O–H groups in total. The number of benzene rings is 1. The van der Waals surface area contributed by atoms with Crippen LogP contribution in [-0.4, -0.2) is 27.4 Å². The molecule has 1 amide bonds. The summed E-state index contributed by atoms with van der Waals surface area (Å²) in [5, 5.41) is 16.8. The lowest BCUT2D eigenvalue weighted by Gasteiger charge is -2.06. The van der Waals surface area contributed by atoms with E-state index in [0.717, 1.165) is 6.20 Å². The van der Waals surface area contributed by atoms with Gasteiger partial charge in [0, 0.05) is 5.69 Å². The van der Waals surface area contributed by atoms with E-state index in [9.17, 15) is 14.9 Å². The largest absolute Gasteiger partial charge is 0.447 e. The Morgan fingerprint density at radius 1 is 1.40 bits per heavy atom. The minimum absolute atomic E-state index is 0.0670. The van der Waals surface area contributed by atoms with E-state index in [1.165, 1.54) is 10.9 Å². The second kappa shape index (κ2) is 6.32. The van der Waals surface area contributed by atoms with Crippen molar-refractivity contribution in [2.24, 2.45) is 0 Å². The third kappa shape index (κ3) is 3.80. The molecule has 2 aromatic rings. The third-order valence-electron chi connectivity index (χ3n) is 2.40. The normalized spacial score (nSPS) is 10.0. The Morgan fingerprint density at radius 2 is 2.15 bits per heavy atom. The lowest BCUT2D eigenvalue weighted by molar-refractivity contribution is -0.385. The lowest BCUT2D eigenvalue weighted by Crippen LogP contribution is -2.17. The first-order chi connectivity index (χ1) is 9.65. The number of carbonyl (C=O) groups excluding carboxylic acids is 1. The fourth-order valence-corrected chi connectivity index (χ4v) is 1.48. The number of nitrogens with zero attached hydrogens (tertiary/aromatic N) is 3. The van der Waals surface area contributed by atoms with Crippen molar-refractivity contribution in [2.45, 2.75) is 6.54 Å². The summed E-state index contributed by atoms with van der Waals surface area (Å²) in [4.78, 5) is 21.4. The minimum atomic E-state index is -0.585. The van der Waals surface area contributed by atoms with Crippen LogP contribution in [0.3, 0.4) is 0 Å². The molecule has 0 aliphatic carbocycles. The SMILES string of the molecule is O=C(Nc1ccccc1)OCCn1cc([N+](=O)[O-])cn1. The zero-order valence-electron chi connectivity index (χ0n) is 10.4. The van der Waals surface area contributed by atoms with Gasteiger partial charge in [-0.3, -0.25) is 20.1 Å². The number of hydrogen-bond acceptors (Lipinski definition) is 5. The van der Waals surface area contributed by atoms with Crippen molar-refractivity contribution in [3.63, 3.8) is 0 Å². The van der Waals surface area contributed by atoms with E-state index >= 15 is 0 Å². The van der Waals surface area contributed by atoms with Crippen LogP contribution in [0.15, 0.2) is 42.7 Å². The molecular weight excluding hydrogens is 264 g/mol. The van der Waals surface area contributed by atoms with Gasteiger partial charge in [0.1, 0.15) is 19.0 Å². The van der Waals surface area contributed by atoms with Gasteiger partial charge in [-0.05, 0) is 12.1 Å². The van der Waals surface area contributed by atoms with Crippen molar-refractivity contribution in [1.29, 1.82) is 0 Å². The molecule has 1 aromatic carbocycles. The van der Waals surface area contributed by atoms with Crippen molar-refractivity contribution < 1.29 is 14.5 Å². The van der Waals surface area contributed by atoms with Crippen LogP contribution in [0.25, 0.3) is 0 Å². The number of aromatic nitrogens is 2. The highest BCUT2D eigenvalue weighted by molar-refractivity contribution is 5.84. The molecule has 1 heterocycles. The first-order valence-electron chi connectivity index (χ1n) is 5.81. The Kier molecular flexibility index (Phi) is 4.28. The molecule has 0 bridgehead atoms. The van der Waals surface area contributed by atoms with Crippen molar-refractivity contribution in [2.75, 3.05) is 11.9 Å². The smallest absolute Gasteiger partial charge is 0.411 e. The Labute approximate surface area is 114 Å². The number of carbonyl (C=O) groups is 1. The summed E-state index contributed by atoms with van der Waals surface area (Å²) in [6, 6.07) is 8.88. The van der Waals surface area contributed by atoms with E-state index in [4.69, 9.17) is 4.74 Å². The third-order valence-corrected chi connectivity index (χ3v) is 2.40. The Bertz CT molecular complexity index is 597. The molecule has 8 nitrogen and oxygen atoms in total. The zero-order valence-corrected chi connectivity index (χ0v) is 10.4. The minimum Gasteiger partial charge on any atom is -0.447 e. The molecule has 20 heavy (non-hydrogen) atoms. The van der Waals surface area contributed by atoms with E-state index < -0.39 is 11.0 Å². The molecule has 0 aliphatic rings. The van der Waals surface area contributed by atoms with Crippen LogP contribution in [0.5, 0.6) is 0 Å². The highest BCUT2D eigenvalue weighted by atomic mass is 16.6. The van der Waals surface area contributed by atoms with E-state index in [-0.39, 0.29) is 18.8 Å². The molecule has 8 heteroatoms. The van der Waals surface area contributed by atoms with Crippen molar-refractivity contribution in [3.8, 4) is 0 Å². The summed E-state index contributed by atoms with van der Waals surface area (Å²) in [7, 11) is 0. The quantitative estimate of drug-likeness (QED) is 0.665. The highest BCUT2D eigenvalue weighted by Gasteiger charge is 2.09. The standard InChI is InChI=1S/C12H12N4O4/c17-12(14-10-4-2-1-3-5-10)20-7-6-15-9-11(8-13-15)16(18)19/h1-5,8-9H,6-7H2,(H,14,17). The van der Waals surface area contributed by atoms with Crippen LogP contribution < -0.4 is 5.32 Å². The monoisotopic (exact) mass is 276 g/mol. The van der Waals surface area contributed by atoms with Crippen LogP contribution >= 0.6 is 0 Å². The predicted molar refractivity (Wildman–Crippen MR) is 70.3 cm³/mol. The van der Waals surface area contributed by atoms with Gasteiger partial charge in [0.2, 0.25) is 0 Å². The molecule has 0 aliphatic heterocycles. The number of rotatable bonds is 5. The Morgan fingerprint density at radius 3 is 2.80 bits per heavy atom. The van der Waals surface area contributed by atoms with Gasteiger partial charge in [0.05, 0.1) is 11.5 Å². The van der Waals surface area contributed by atoms with Crippen LogP contribution in [-0.2, 0) is 11.3 Å². The molecule has 1 aromatic heterocycles. The number of amides is 1. The summed E-state index contributed by atoms with van der Waals surface area (Å²) in [6.07, 6.45) is 1.83. The second-order valence-corrected chi connectivity index (χ2v) is 3.85. The Balaban J connectivity index is 1.75. The number of nitro groups is 1. The second-order valence-electron chi connectivity index (χ2n) is 3.85. The van der Waals surface area contributed by atoms with Gasteiger partial charge in [0.25, 0.3) is 0 Å². The number of anilines is 1. The molecule has 0 unspecified atom stereocenters. The van der Waals surface area contributed by atoms with E-state index in [1.54, 1.807) is 24.3 Å². The summed E-state index contributed by atoms with van der Waals surface area (Å²) in [6.45, 7) is 0.313. The summed E-state index contributed by atoms with van der Waals surface area (Å²) in [5.74, 6) is 0. The van der Waals surface area contributed by atoms with Crippen LogP contribution in [0.4, 0.5) is 16.2 Å². The maximum absolute atomic E-state index is 11.4. The van der Waals surface area contributed by atoms with Crippen LogP contribution in [0.1, 0.15) is 0 Å². The van der Waals surface area contributed by atoms with Crippen molar-refractivity contribution in [1.82, 2.24) is 9.78 Å². The maximum Gasteiger partial charge on any atom is 0.411 e. The molecule has 0 atom stereocenters. The highest BCUT2D eigenvalue weighted by Crippen LogP contribution is 2.08. The number of nitrogens with one attached hydrogen (secondary N) is 1. The molecule has 0 spiro atoms. The molecule has 0 saturated heterocycles. The van der Waals surface area contributed by atoms with Gasteiger partial charge in [-0.15, -0.1) is 0 Å². The lowest BCUT2D eigenvalue weighted by atomic mass is 10.3. The average Bonchev–Trinajstić information content (AvgIpc) is 2.89. The molecular formula is C12H12N4O4. The van der Waals surface area contributed by atoms with Gasteiger partial charge < -0.3 is 4.74 Å². The van der Waals surface area contributed by atoms with Crippen molar-refractivity contribution in [3.05, 3.63) is 52.8 Å². The predicted octanol–water partition coefficient (Wildman–Crippen LogP) is 2.04. The molecule has 0 fully saturated rings. The van der Waals surface area contributed by atoms with E-state index in [0.29, 0.717) is 5.69 Å². The number of ether oxygens (including phenoxy) is 1. The fraction of sp³-hybridized carbons (Fsp3) is 0.167. The van der Waals surface area contributed by atoms with E-state index in [2.05, 4.69) is 10.4 Å². The van der Waals surface area contributed by atoms with Gasteiger partial charge in [-0.2, -0.15) is 5.10 Å². The average molecular weight is 276 g/mol. The first-order valence-corrected chi connectivity index (χ1v) is 5.81. The van der Waals surface area contributed by atoms with Gasteiger partial charge >= 0.3 is 11.8 Å². The summed E-state index contributed by atoms with van der Waals surface area (Å²) in [5.41, 5.74) is 0.533. The number of para-hydroxylation sites is 1. The van der Waals surface area contributed by atoms with Gasteiger partial charge in [-0.1, -0.05) is 18.2 Å². The van der Waals surface area contributed by atoms with Crippen molar-refractivity contribution >= 4 is 17.5 Å². The van der Waals surface area contributed by atoms with Gasteiger partial charge in [0.15, 0.2) is 0 Å². The topological polar surface area (TPSA) is 99.3 Å². The Hall–Kier alpha value is -2.90. The van der Waals surface area contributed by atoms with Gasteiger partial charge in [-0.25, -0.2) is 4.79 Å². The first kappa shape index (κ1) is 13.5. The zero-order chi connectivity index (χ0) is 14.4.